The Kier molecular flexibility index (Phi) is 6.37. The number of hydrogen-bond acceptors (Lipinski definition) is 3. The fraction of sp³-hybridized carbons (Fsp3) is 0.444. The van der Waals surface area contributed by atoms with Crippen LogP contribution in [0.25, 0.3) is 5.69 Å². The lowest BCUT2D eigenvalue weighted by Gasteiger charge is -2.22. The van der Waals surface area contributed by atoms with Crippen LogP contribution in [0.1, 0.15) is 31.2 Å². The third-order valence-corrected chi connectivity index (χ3v) is 3.96. The lowest BCUT2D eigenvalue weighted by Crippen LogP contribution is -2.38. The third kappa shape index (κ3) is 4.14. The van der Waals surface area contributed by atoms with E-state index < -0.39 is 0 Å². The van der Waals surface area contributed by atoms with Gasteiger partial charge in [0.1, 0.15) is 0 Å². The molecule has 1 aromatic heterocycles. The van der Waals surface area contributed by atoms with E-state index in [0.717, 1.165) is 35.6 Å². The molecular formula is C18H26N4O2. The van der Waals surface area contributed by atoms with Gasteiger partial charge in [-0.1, -0.05) is 31.5 Å². The fourth-order valence-electron chi connectivity index (χ4n) is 2.61. The highest BCUT2D eigenvalue weighted by Crippen LogP contribution is 2.23. The molecule has 0 aliphatic heterocycles. The predicted molar refractivity (Wildman–Crippen MR) is 95.6 cm³/mol. The number of para-hydroxylation sites is 1. The Morgan fingerprint density at radius 3 is 2.58 bits per heavy atom. The van der Waals surface area contributed by atoms with Gasteiger partial charge in [-0.2, -0.15) is 5.10 Å². The molecule has 2 aromatic rings. The lowest BCUT2D eigenvalue weighted by atomic mass is 10.3. The van der Waals surface area contributed by atoms with E-state index in [1.54, 1.807) is 4.90 Å². The molecule has 24 heavy (non-hydrogen) atoms. The van der Waals surface area contributed by atoms with Crippen molar-refractivity contribution in [3.05, 3.63) is 41.7 Å². The van der Waals surface area contributed by atoms with Crippen molar-refractivity contribution in [2.45, 2.75) is 33.6 Å². The maximum absolute atomic E-state index is 12.5. The summed E-state index contributed by atoms with van der Waals surface area (Å²) in [5.74, 6) is 0. The second-order valence-corrected chi connectivity index (χ2v) is 5.79. The van der Waals surface area contributed by atoms with Gasteiger partial charge in [-0.15, -0.1) is 0 Å². The maximum Gasteiger partial charge on any atom is 0.322 e. The first-order valence-corrected chi connectivity index (χ1v) is 8.37. The van der Waals surface area contributed by atoms with Crippen LogP contribution in [0.5, 0.6) is 0 Å². The van der Waals surface area contributed by atoms with Crippen LogP contribution in [-0.4, -0.2) is 45.5 Å². The Hall–Kier alpha value is -2.34. The largest absolute Gasteiger partial charge is 0.395 e. The van der Waals surface area contributed by atoms with Crippen molar-refractivity contribution in [1.29, 1.82) is 0 Å². The molecule has 1 aromatic carbocycles. The summed E-state index contributed by atoms with van der Waals surface area (Å²) in [5, 5.41) is 16.7. The Morgan fingerprint density at radius 2 is 1.96 bits per heavy atom. The number of nitrogens with zero attached hydrogens (tertiary/aromatic N) is 3. The molecule has 1 heterocycles. The van der Waals surface area contributed by atoms with Crippen molar-refractivity contribution in [3.8, 4) is 5.69 Å². The van der Waals surface area contributed by atoms with Crippen LogP contribution in [0.4, 0.5) is 10.5 Å². The van der Waals surface area contributed by atoms with E-state index in [9.17, 15) is 9.90 Å². The van der Waals surface area contributed by atoms with E-state index >= 15 is 0 Å². The molecule has 6 heteroatoms. The van der Waals surface area contributed by atoms with Gasteiger partial charge < -0.3 is 15.3 Å². The highest BCUT2D eigenvalue weighted by Gasteiger charge is 2.18. The number of nitrogens with one attached hydrogen (secondary N) is 1. The molecule has 0 spiro atoms. The first-order valence-electron chi connectivity index (χ1n) is 8.37. The monoisotopic (exact) mass is 330 g/mol. The van der Waals surface area contributed by atoms with Gasteiger partial charge in [-0.3, -0.25) is 0 Å². The van der Waals surface area contributed by atoms with Crippen molar-refractivity contribution in [3.63, 3.8) is 0 Å². The van der Waals surface area contributed by atoms with Crippen molar-refractivity contribution in [2.75, 3.05) is 25.0 Å². The number of aromatic nitrogens is 2. The second-order valence-electron chi connectivity index (χ2n) is 5.79. The van der Waals surface area contributed by atoms with Crippen LogP contribution in [0, 0.1) is 13.8 Å². The van der Waals surface area contributed by atoms with Gasteiger partial charge in [0.2, 0.25) is 0 Å². The number of aliphatic hydroxyl groups is 1. The van der Waals surface area contributed by atoms with Gasteiger partial charge in [-0.05, 0) is 32.4 Å². The third-order valence-electron chi connectivity index (χ3n) is 3.96. The van der Waals surface area contributed by atoms with E-state index in [-0.39, 0.29) is 12.6 Å². The standard InChI is InChI=1S/C18H26N4O2/c1-4-5-11-21(12-13-23)18(24)19-17-14(2)20-22(15(17)3)16-9-7-6-8-10-16/h6-10,23H,4-5,11-13H2,1-3H3,(H,19,24). The number of benzene rings is 1. The van der Waals surface area contributed by atoms with Gasteiger partial charge in [0.05, 0.1) is 29.4 Å². The average Bonchev–Trinajstić information content (AvgIpc) is 2.87. The first-order chi connectivity index (χ1) is 11.6. The van der Waals surface area contributed by atoms with E-state index in [4.69, 9.17) is 0 Å². The summed E-state index contributed by atoms with van der Waals surface area (Å²) in [5.41, 5.74) is 3.33. The molecule has 2 rings (SSSR count). The summed E-state index contributed by atoms with van der Waals surface area (Å²) >= 11 is 0. The summed E-state index contributed by atoms with van der Waals surface area (Å²) in [6.07, 6.45) is 1.91. The van der Waals surface area contributed by atoms with Crippen molar-refractivity contribution in [1.82, 2.24) is 14.7 Å². The smallest absolute Gasteiger partial charge is 0.322 e. The molecule has 0 radical (unpaired) electrons. The van der Waals surface area contributed by atoms with Gasteiger partial charge in [0.15, 0.2) is 0 Å². The molecule has 2 N–H and O–H groups in total. The highest BCUT2D eigenvalue weighted by atomic mass is 16.3. The Morgan fingerprint density at radius 1 is 1.25 bits per heavy atom. The molecule has 0 atom stereocenters. The molecule has 0 saturated carbocycles. The lowest BCUT2D eigenvalue weighted by molar-refractivity contribution is 0.187. The minimum atomic E-state index is -0.198. The molecule has 0 unspecified atom stereocenters. The van der Waals surface area contributed by atoms with Gasteiger partial charge in [0, 0.05) is 13.1 Å². The number of rotatable bonds is 7. The van der Waals surface area contributed by atoms with Crippen LogP contribution < -0.4 is 5.32 Å². The summed E-state index contributed by atoms with van der Waals surface area (Å²) in [7, 11) is 0. The molecular weight excluding hydrogens is 304 g/mol. The van der Waals surface area contributed by atoms with Gasteiger partial charge in [-0.25, -0.2) is 9.48 Å². The summed E-state index contributed by atoms with van der Waals surface area (Å²) in [6, 6.07) is 9.62. The maximum atomic E-state index is 12.5. The van der Waals surface area contributed by atoms with Crippen molar-refractivity contribution >= 4 is 11.7 Å². The number of aliphatic hydroxyl groups excluding tert-OH is 1. The molecule has 0 fully saturated rings. The average molecular weight is 330 g/mol. The molecule has 0 aliphatic rings. The van der Waals surface area contributed by atoms with E-state index in [1.807, 2.05) is 48.9 Å². The minimum Gasteiger partial charge on any atom is -0.395 e. The molecule has 2 amide bonds. The Balaban J connectivity index is 2.20. The summed E-state index contributed by atoms with van der Waals surface area (Å²) in [6.45, 7) is 6.81. The zero-order valence-electron chi connectivity index (χ0n) is 14.6. The Bertz CT molecular complexity index is 667. The topological polar surface area (TPSA) is 70.4 Å². The number of unbranched alkanes of at least 4 members (excludes halogenated alkanes) is 1. The van der Waals surface area contributed by atoms with Crippen LogP contribution in [-0.2, 0) is 0 Å². The van der Waals surface area contributed by atoms with Gasteiger partial charge >= 0.3 is 6.03 Å². The predicted octanol–water partition coefficient (Wildman–Crippen LogP) is 3.12. The molecule has 6 nitrogen and oxygen atoms in total. The van der Waals surface area contributed by atoms with Crippen molar-refractivity contribution in [2.24, 2.45) is 0 Å². The zero-order valence-corrected chi connectivity index (χ0v) is 14.6. The molecule has 0 bridgehead atoms. The van der Waals surface area contributed by atoms with Crippen molar-refractivity contribution < 1.29 is 9.90 Å². The van der Waals surface area contributed by atoms with E-state index in [1.165, 1.54) is 0 Å². The fourth-order valence-corrected chi connectivity index (χ4v) is 2.61. The minimum absolute atomic E-state index is 0.0433. The van der Waals surface area contributed by atoms with E-state index in [2.05, 4.69) is 17.3 Å². The Labute approximate surface area is 143 Å². The number of amides is 2. The number of aryl methyl sites for hydroxylation is 1. The van der Waals surface area contributed by atoms with E-state index in [0.29, 0.717) is 13.1 Å². The zero-order chi connectivity index (χ0) is 17.5. The number of hydrogen-bond donors (Lipinski definition) is 2. The molecule has 0 aliphatic carbocycles. The summed E-state index contributed by atoms with van der Waals surface area (Å²) < 4.78 is 1.83. The number of carbonyl (C=O) groups is 1. The first kappa shape index (κ1) is 18.0. The second kappa shape index (κ2) is 8.49. The molecule has 130 valence electrons. The normalized spacial score (nSPS) is 10.7. The van der Waals surface area contributed by atoms with Crippen LogP contribution in [0.3, 0.4) is 0 Å². The highest BCUT2D eigenvalue weighted by molar-refractivity contribution is 5.90. The SMILES string of the molecule is CCCCN(CCO)C(=O)Nc1c(C)nn(-c2ccccc2)c1C. The number of urea groups is 1. The van der Waals surface area contributed by atoms with Gasteiger partial charge in [0.25, 0.3) is 0 Å². The quantitative estimate of drug-likeness (QED) is 0.819. The van der Waals surface area contributed by atoms with Crippen LogP contribution in [0.15, 0.2) is 30.3 Å². The number of carbonyl (C=O) groups excluding carboxylic acids is 1. The summed E-state index contributed by atoms with van der Waals surface area (Å²) in [4.78, 5) is 14.2. The number of anilines is 1. The van der Waals surface area contributed by atoms with Crippen LogP contribution >= 0.6 is 0 Å². The molecule has 0 saturated heterocycles. The van der Waals surface area contributed by atoms with Crippen LogP contribution in [0.2, 0.25) is 0 Å².